The first-order valence-corrected chi connectivity index (χ1v) is 3.82. The predicted octanol–water partition coefficient (Wildman–Crippen LogP) is 1.20. The molecule has 0 radical (unpaired) electrons. The van der Waals surface area contributed by atoms with Crippen LogP contribution < -0.4 is 0 Å². The predicted molar refractivity (Wildman–Crippen MR) is 43.9 cm³/mol. The van der Waals surface area contributed by atoms with Crippen molar-refractivity contribution >= 4 is 5.78 Å². The van der Waals surface area contributed by atoms with E-state index in [0.717, 1.165) is 5.69 Å². The van der Waals surface area contributed by atoms with Gasteiger partial charge in [0.1, 0.15) is 0 Å². The SMILES string of the molecule is CC(=O)c1nncc(C(C)C)n1. The van der Waals surface area contributed by atoms with E-state index in [9.17, 15) is 4.79 Å². The second-order valence-corrected chi connectivity index (χ2v) is 2.92. The Labute approximate surface area is 71.0 Å². The Hall–Kier alpha value is -1.32. The maximum atomic E-state index is 10.9. The lowest BCUT2D eigenvalue weighted by Gasteiger charge is -2.02. The number of Topliss-reactive ketones (excluding diaryl/α,β-unsaturated/α-hetero) is 1. The average molecular weight is 165 g/mol. The molecule has 0 saturated carbocycles. The zero-order chi connectivity index (χ0) is 9.14. The van der Waals surface area contributed by atoms with Gasteiger partial charge in [-0.2, -0.15) is 5.10 Å². The van der Waals surface area contributed by atoms with Crippen molar-refractivity contribution in [2.24, 2.45) is 0 Å². The van der Waals surface area contributed by atoms with Crippen molar-refractivity contribution in [1.82, 2.24) is 15.2 Å². The first-order chi connectivity index (χ1) is 5.61. The highest BCUT2D eigenvalue weighted by atomic mass is 16.1. The molecular formula is C8H11N3O. The number of hydrogen-bond acceptors (Lipinski definition) is 4. The Morgan fingerprint density at radius 3 is 2.67 bits per heavy atom. The highest BCUT2D eigenvalue weighted by molar-refractivity contribution is 5.89. The van der Waals surface area contributed by atoms with Crippen molar-refractivity contribution in [3.63, 3.8) is 0 Å². The topological polar surface area (TPSA) is 55.7 Å². The van der Waals surface area contributed by atoms with E-state index in [4.69, 9.17) is 0 Å². The van der Waals surface area contributed by atoms with Crippen LogP contribution in [0.1, 0.15) is 43.0 Å². The van der Waals surface area contributed by atoms with Crippen molar-refractivity contribution < 1.29 is 4.79 Å². The van der Waals surface area contributed by atoms with Gasteiger partial charge in [-0.3, -0.25) is 4.79 Å². The van der Waals surface area contributed by atoms with Crippen molar-refractivity contribution in [2.45, 2.75) is 26.7 Å². The zero-order valence-electron chi connectivity index (χ0n) is 7.40. The standard InChI is InChI=1S/C8H11N3O/c1-5(2)7-4-9-11-8(10-7)6(3)12/h4-5H,1-3H3. The van der Waals surface area contributed by atoms with E-state index >= 15 is 0 Å². The molecule has 0 aromatic carbocycles. The fraction of sp³-hybridized carbons (Fsp3) is 0.500. The molecular weight excluding hydrogens is 154 g/mol. The molecule has 1 aromatic rings. The van der Waals surface area contributed by atoms with Gasteiger partial charge >= 0.3 is 0 Å². The van der Waals surface area contributed by atoms with E-state index in [1.165, 1.54) is 6.92 Å². The second-order valence-electron chi connectivity index (χ2n) is 2.92. The molecule has 1 aromatic heterocycles. The molecule has 0 N–H and O–H groups in total. The minimum atomic E-state index is -0.148. The van der Waals surface area contributed by atoms with E-state index in [1.807, 2.05) is 13.8 Å². The number of nitrogens with zero attached hydrogens (tertiary/aromatic N) is 3. The van der Waals surface area contributed by atoms with E-state index in [0.29, 0.717) is 0 Å². The summed E-state index contributed by atoms with van der Waals surface area (Å²) in [6, 6.07) is 0. The van der Waals surface area contributed by atoms with Crippen LogP contribution in [-0.2, 0) is 0 Å². The molecule has 4 heteroatoms. The number of aromatic nitrogens is 3. The van der Waals surface area contributed by atoms with Gasteiger partial charge in [-0.15, -0.1) is 5.10 Å². The highest BCUT2D eigenvalue weighted by Gasteiger charge is 2.06. The third-order valence-electron chi connectivity index (χ3n) is 1.48. The van der Waals surface area contributed by atoms with Crippen molar-refractivity contribution in [3.8, 4) is 0 Å². The van der Waals surface area contributed by atoms with Gasteiger partial charge < -0.3 is 0 Å². The third kappa shape index (κ3) is 1.84. The highest BCUT2D eigenvalue weighted by Crippen LogP contribution is 2.08. The van der Waals surface area contributed by atoms with Crippen LogP contribution in [-0.4, -0.2) is 21.0 Å². The van der Waals surface area contributed by atoms with E-state index < -0.39 is 0 Å². The van der Waals surface area contributed by atoms with Crippen LogP contribution in [0.2, 0.25) is 0 Å². The summed E-state index contributed by atoms with van der Waals surface area (Å²) in [5.41, 5.74) is 0.801. The third-order valence-corrected chi connectivity index (χ3v) is 1.48. The quantitative estimate of drug-likeness (QED) is 0.618. The van der Waals surface area contributed by atoms with Crippen LogP contribution in [0.25, 0.3) is 0 Å². The van der Waals surface area contributed by atoms with Gasteiger partial charge in [0.15, 0.2) is 5.78 Å². The monoisotopic (exact) mass is 165 g/mol. The molecule has 0 aliphatic carbocycles. The lowest BCUT2D eigenvalue weighted by Crippen LogP contribution is -2.06. The number of carbonyl (C=O) groups excluding carboxylic acids is 1. The molecule has 0 atom stereocenters. The number of hydrogen-bond donors (Lipinski definition) is 0. The number of rotatable bonds is 2. The molecule has 0 spiro atoms. The summed E-state index contributed by atoms with van der Waals surface area (Å²) in [4.78, 5) is 14.9. The summed E-state index contributed by atoms with van der Waals surface area (Å²) in [5.74, 6) is 0.324. The van der Waals surface area contributed by atoms with Crippen LogP contribution in [0, 0.1) is 0 Å². The van der Waals surface area contributed by atoms with Gasteiger partial charge in [-0.05, 0) is 5.92 Å². The molecule has 1 heterocycles. The largest absolute Gasteiger partial charge is 0.291 e. The number of carbonyl (C=O) groups is 1. The molecule has 1 rings (SSSR count). The molecule has 0 bridgehead atoms. The Balaban J connectivity index is 3.04. The summed E-state index contributed by atoms with van der Waals surface area (Å²) in [7, 11) is 0. The average Bonchev–Trinajstić information content (AvgIpc) is 2.04. The normalized spacial score (nSPS) is 10.3. The van der Waals surface area contributed by atoms with E-state index in [-0.39, 0.29) is 17.5 Å². The summed E-state index contributed by atoms with van der Waals surface area (Å²) >= 11 is 0. The molecule has 0 aliphatic heterocycles. The smallest absolute Gasteiger partial charge is 0.217 e. The fourth-order valence-electron chi connectivity index (χ4n) is 0.744. The molecule has 0 aliphatic rings. The van der Waals surface area contributed by atoms with Crippen LogP contribution in [0.5, 0.6) is 0 Å². The Bertz CT molecular complexity index is 296. The lowest BCUT2D eigenvalue weighted by atomic mass is 10.1. The maximum absolute atomic E-state index is 10.9. The number of ketones is 1. The van der Waals surface area contributed by atoms with Gasteiger partial charge in [0.25, 0.3) is 0 Å². The minimum absolute atomic E-state index is 0.148. The van der Waals surface area contributed by atoms with Crippen molar-refractivity contribution in [2.75, 3.05) is 0 Å². The summed E-state index contributed by atoms with van der Waals surface area (Å²) < 4.78 is 0. The van der Waals surface area contributed by atoms with Crippen LogP contribution in [0.4, 0.5) is 0 Å². The van der Waals surface area contributed by atoms with Crippen LogP contribution >= 0.6 is 0 Å². The second kappa shape index (κ2) is 3.38. The Morgan fingerprint density at radius 1 is 1.50 bits per heavy atom. The van der Waals surface area contributed by atoms with Gasteiger partial charge in [-0.1, -0.05) is 13.8 Å². The molecule has 0 saturated heterocycles. The molecule has 4 nitrogen and oxygen atoms in total. The fourth-order valence-corrected chi connectivity index (χ4v) is 0.744. The van der Waals surface area contributed by atoms with E-state index in [1.54, 1.807) is 6.20 Å². The van der Waals surface area contributed by atoms with Crippen molar-refractivity contribution in [1.29, 1.82) is 0 Å². The molecule has 0 amide bonds. The molecule has 64 valence electrons. The summed E-state index contributed by atoms with van der Waals surface area (Å²) in [6.07, 6.45) is 1.58. The Morgan fingerprint density at radius 2 is 2.17 bits per heavy atom. The summed E-state index contributed by atoms with van der Waals surface area (Å²) in [5, 5.41) is 7.30. The zero-order valence-corrected chi connectivity index (χ0v) is 7.40. The lowest BCUT2D eigenvalue weighted by molar-refractivity contribution is 0.100. The summed E-state index contributed by atoms with van der Waals surface area (Å²) in [6.45, 7) is 5.42. The first-order valence-electron chi connectivity index (χ1n) is 3.82. The molecule has 12 heavy (non-hydrogen) atoms. The van der Waals surface area contributed by atoms with Crippen LogP contribution in [0.15, 0.2) is 6.20 Å². The minimum Gasteiger partial charge on any atom is -0.291 e. The van der Waals surface area contributed by atoms with Gasteiger partial charge in [0.05, 0.1) is 11.9 Å². The maximum Gasteiger partial charge on any atom is 0.217 e. The Kier molecular flexibility index (Phi) is 2.47. The van der Waals surface area contributed by atoms with Gasteiger partial charge in [0, 0.05) is 6.92 Å². The first kappa shape index (κ1) is 8.77. The van der Waals surface area contributed by atoms with Gasteiger partial charge in [-0.25, -0.2) is 4.98 Å². The molecule has 0 unspecified atom stereocenters. The van der Waals surface area contributed by atoms with E-state index in [2.05, 4.69) is 15.2 Å². The van der Waals surface area contributed by atoms with Crippen LogP contribution in [0.3, 0.4) is 0 Å². The van der Waals surface area contributed by atoms with Gasteiger partial charge in [0.2, 0.25) is 5.82 Å². The molecule has 0 fully saturated rings. The van der Waals surface area contributed by atoms with Crippen molar-refractivity contribution in [3.05, 3.63) is 17.7 Å².